The third-order valence-electron chi connectivity index (χ3n) is 2.21. The summed E-state index contributed by atoms with van der Waals surface area (Å²) in [7, 11) is 1.79. The summed E-state index contributed by atoms with van der Waals surface area (Å²) >= 11 is 3.36. The van der Waals surface area contributed by atoms with Crippen LogP contribution in [0.2, 0.25) is 0 Å². The van der Waals surface area contributed by atoms with Crippen LogP contribution < -0.4 is 11.1 Å². The minimum atomic E-state index is 0.538. The third-order valence-corrected chi connectivity index (χ3v) is 2.71. The first-order valence-electron chi connectivity index (χ1n) is 4.86. The van der Waals surface area contributed by atoms with Gasteiger partial charge in [0.25, 0.3) is 0 Å². The molecule has 5 nitrogen and oxygen atoms in total. The first-order chi connectivity index (χ1) is 8.10. The van der Waals surface area contributed by atoms with Crippen molar-refractivity contribution in [1.29, 1.82) is 5.26 Å². The Labute approximate surface area is 107 Å². The highest BCUT2D eigenvalue weighted by Crippen LogP contribution is 2.26. The summed E-state index contributed by atoms with van der Waals surface area (Å²) in [5, 5.41) is 16.2. The maximum atomic E-state index is 9.00. The standard InChI is InChI=1S/C11H10BrN5/c1-17-6-9(14)11(16-17)15-10-4-8(12)3-2-7(10)5-13/h2-4,6H,14H2,1H3,(H,15,16). The zero-order valence-corrected chi connectivity index (χ0v) is 10.7. The highest BCUT2D eigenvalue weighted by atomic mass is 79.9. The average Bonchev–Trinajstić information content (AvgIpc) is 2.58. The molecule has 0 aliphatic carbocycles. The summed E-state index contributed by atoms with van der Waals surface area (Å²) in [4.78, 5) is 0. The SMILES string of the molecule is Cn1cc(N)c(Nc2cc(Br)ccc2C#N)n1. The molecule has 0 saturated carbocycles. The van der Waals surface area contributed by atoms with Crippen LogP contribution in [0.1, 0.15) is 5.56 Å². The van der Waals surface area contributed by atoms with Gasteiger partial charge < -0.3 is 11.1 Å². The zero-order chi connectivity index (χ0) is 12.4. The molecule has 0 spiro atoms. The van der Waals surface area contributed by atoms with Gasteiger partial charge >= 0.3 is 0 Å². The molecular weight excluding hydrogens is 282 g/mol. The predicted molar refractivity (Wildman–Crippen MR) is 69.8 cm³/mol. The molecule has 0 radical (unpaired) electrons. The lowest BCUT2D eigenvalue weighted by atomic mass is 10.2. The van der Waals surface area contributed by atoms with Gasteiger partial charge in [-0.05, 0) is 18.2 Å². The maximum Gasteiger partial charge on any atom is 0.175 e. The Balaban J connectivity index is 2.39. The van der Waals surface area contributed by atoms with E-state index in [9.17, 15) is 0 Å². The predicted octanol–water partition coefficient (Wildman–Crippen LogP) is 2.38. The fourth-order valence-electron chi connectivity index (χ4n) is 1.45. The molecule has 2 aromatic rings. The van der Waals surface area contributed by atoms with Gasteiger partial charge in [0.05, 0.1) is 16.9 Å². The van der Waals surface area contributed by atoms with E-state index in [1.54, 1.807) is 24.0 Å². The van der Waals surface area contributed by atoms with E-state index >= 15 is 0 Å². The Morgan fingerprint density at radius 1 is 1.53 bits per heavy atom. The van der Waals surface area contributed by atoms with E-state index in [2.05, 4.69) is 32.4 Å². The van der Waals surface area contributed by atoms with Gasteiger partial charge in [-0.15, -0.1) is 0 Å². The fraction of sp³-hybridized carbons (Fsp3) is 0.0909. The summed E-state index contributed by atoms with van der Waals surface area (Å²) in [5.41, 5.74) is 7.53. The van der Waals surface area contributed by atoms with Crippen LogP contribution in [-0.2, 0) is 7.05 Å². The van der Waals surface area contributed by atoms with E-state index < -0.39 is 0 Å². The molecule has 0 aliphatic heterocycles. The number of aryl methyl sites for hydroxylation is 1. The molecule has 1 heterocycles. The largest absolute Gasteiger partial charge is 0.394 e. The number of nitriles is 1. The Bertz CT molecular complexity index is 596. The lowest BCUT2D eigenvalue weighted by Gasteiger charge is -2.06. The van der Waals surface area contributed by atoms with Crippen LogP contribution in [0, 0.1) is 11.3 Å². The second kappa shape index (κ2) is 4.47. The topological polar surface area (TPSA) is 79.7 Å². The molecule has 2 rings (SSSR count). The molecule has 1 aromatic heterocycles. The third kappa shape index (κ3) is 2.40. The quantitative estimate of drug-likeness (QED) is 0.890. The number of aromatic nitrogens is 2. The molecule has 0 saturated heterocycles. The summed E-state index contributed by atoms with van der Waals surface area (Å²) < 4.78 is 2.50. The van der Waals surface area contributed by atoms with Gasteiger partial charge in [-0.3, -0.25) is 4.68 Å². The number of anilines is 3. The first-order valence-corrected chi connectivity index (χ1v) is 5.65. The molecule has 0 aliphatic rings. The number of benzene rings is 1. The maximum absolute atomic E-state index is 9.00. The molecule has 6 heteroatoms. The Morgan fingerprint density at radius 2 is 2.29 bits per heavy atom. The molecule has 0 amide bonds. The highest BCUT2D eigenvalue weighted by molar-refractivity contribution is 9.10. The molecule has 3 N–H and O–H groups in total. The monoisotopic (exact) mass is 291 g/mol. The van der Waals surface area contributed by atoms with Crippen molar-refractivity contribution in [2.75, 3.05) is 11.1 Å². The molecule has 86 valence electrons. The second-order valence-electron chi connectivity index (χ2n) is 3.53. The summed E-state index contributed by atoms with van der Waals surface area (Å²) in [6.07, 6.45) is 1.70. The van der Waals surface area contributed by atoms with E-state index in [-0.39, 0.29) is 0 Å². The van der Waals surface area contributed by atoms with Gasteiger partial charge in [0.15, 0.2) is 5.82 Å². The van der Waals surface area contributed by atoms with Gasteiger partial charge in [-0.1, -0.05) is 15.9 Å². The molecular formula is C11H10BrN5. The summed E-state index contributed by atoms with van der Waals surface area (Å²) in [6, 6.07) is 7.46. The summed E-state index contributed by atoms with van der Waals surface area (Å²) in [5.74, 6) is 0.544. The van der Waals surface area contributed by atoms with Gasteiger partial charge in [0, 0.05) is 17.7 Å². The number of nitrogens with two attached hydrogens (primary N) is 1. The normalized spacial score (nSPS) is 9.94. The minimum absolute atomic E-state index is 0.538. The number of nitrogen functional groups attached to an aromatic ring is 1. The van der Waals surface area contributed by atoms with Crippen LogP contribution in [0.25, 0.3) is 0 Å². The van der Waals surface area contributed by atoms with E-state index in [4.69, 9.17) is 11.0 Å². The van der Waals surface area contributed by atoms with Crippen molar-refractivity contribution >= 4 is 33.1 Å². The van der Waals surface area contributed by atoms with E-state index in [0.29, 0.717) is 22.8 Å². The molecule has 1 aromatic carbocycles. The van der Waals surface area contributed by atoms with Gasteiger partial charge in [-0.25, -0.2) is 0 Å². The van der Waals surface area contributed by atoms with Crippen LogP contribution in [0.15, 0.2) is 28.9 Å². The minimum Gasteiger partial charge on any atom is -0.394 e. The summed E-state index contributed by atoms with van der Waals surface area (Å²) in [6.45, 7) is 0. The Morgan fingerprint density at radius 3 is 2.88 bits per heavy atom. The number of halogens is 1. The van der Waals surface area contributed by atoms with Crippen molar-refractivity contribution in [3.05, 3.63) is 34.4 Å². The number of nitrogens with zero attached hydrogens (tertiary/aromatic N) is 3. The van der Waals surface area contributed by atoms with Gasteiger partial charge in [-0.2, -0.15) is 10.4 Å². The molecule has 0 fully saturated rings. The van der Waals surface area contributed by atoms with Crippen LogP contribution in [0.5, 0.6) is 0 Å². The highest BCUT2D eigenvalue weighted by Gasteiger charge is 2.08. The molecule has 0 bridgehead atoms. The molecule has 0 unspecified atom stereocenters. The van der Waals surface area contributed by atoms with Crippen molar-refractivity contribution in [3.63, 3.8) is 0 Å². The van der Waals surface area contributed by atoms with Crippen LogP contribution in [0.3, 0.4) is 0 Å². The number of hydrogen-bond donors (Lipinski definition) is 2. The molecule has 0 atom stereocenters. The van der Waals surface area contributed by atoms with Gasteiger partial charge in [0.2, 0.25) is 0 Å². The number of rotatable bonds is 2. The number of hydrogen-bond acceptors (Lipinski definition) is 4. The van der Waals surface area contributed by atoms with Crippen LogP contribution in [0.4, 0.5) is 17.2 Å². The van der Waals surface area contributed by atoms with Crippen molar-refractivity contribution in [2.24, 2.45) is 7.05 Å². The molecule has 17 heavy (non-hydrogen) atoms. The van der Waals surface area contributed by atoms with Crippen LogP contribution in [-0.4, -0.2) is 9.78 Å². The van der Waals surface area contributed by atoms with E-state index in [1.807, 2.05) is 12.1 Å². The second-order valence-corrected chi connectivity index (χ2v) is 4.45. The fourth-order valence-corrected chi connectivity index (χ4v) is 1.81. The van der Waals surface area contributed by atoms with E-state index in [1.165, 1.54) is 0 Å². The van der Waals surface area contributed by atoms with Crippen molar-refractivity contribution in [3.8, 4) is 6.07 Å². The van der Waals surface area contributed by atoms with Crippen molar-refractivity contribution < 1.29 is 0 Å². The first kappa shape index (κ1) is 11.5. The zero-order valence-electron chi connectivity index (χ0n) is 9.11. The van der Waals surface area contributed by atoms with Gasteiger partial charge in [0.1, 0.15) is 6.07 Å². The van der Waals surface area contributed by atoms with E-state index in [0.717, 1.165) is 4.47 Å². The number of nitrogens with one attached hydrogen (secondary N) is 1. The van der Waals surface area contributed by atoms with Crippen molar-refractivity contribution in [1.82, 2.24) is 9.78 Å². The van der Waals surface area contributed by atoms with Crippen LogP contribution >= 0.6 is 15.9 Å². The lowest BCUT2D eigenvalue weighted by molar-refractivity contribution is 0.771. The lowest BCUT2D eigenvalue weighted by Crippen LogP contribution is -1.98. The average molecular weight is 292 g/mol. The smallest absolute Gasteiger partial charge is 0.175 e. The Kier molecular flexibility index (Phi) is 3.02. The van der Waals surface area contributed by atoms with Crippen molar-refractivity contribution in [2.45, 2.75) is 0 Å². The Hall–Kier alpha value is -2.00.